The predicted octanol–water partition coefficient (Wildman–Crippen LogP) is 3.75. The van der Waals surface area contributed by atoms with E-state index in [1.807, 2.05) is 13.1 Å². The first-order valence-electron chi connectivity index (χ1n) is 6.66. The Labute approximate surface area is 128 Å². The van der Waals surface area contributed by atoms with Gasteiger partial charge in [-0.15, -0.1) is 0 Å². The Balaban J connectivity index is 1.94. The van der Waals surface area contributed by atoms with Crippen molar-refractivity contribution < 1.29 is 4.74 Å². The standard InChI is InChI=1S/C16H19BrN2O/c1-12(8-18-2)14-5-3-13(4-6-14)11-20-16-7-15(17)9-19-10-16/h3-7,9-10,12,18H,8,11H2,1-2H3. The van der Waals surface area contributed by atoms with Crippen LogP contribution in [0, 0.1) is 0 Å². The first kappa shape index (κ1) is 15.0. The van der Waals surface area contributed by atoms with Crippen molar-refractivity contribution in [2.45, 2.75) is 19.4 Å². The molecule has 1 N–H and O–H groups in total. The van der Waals surface area contributed by atoms with Crippen LogP contribution in [0.15, 0.2) is 47.2 Å². The van der Waals surface area contributed by atoms with Gasteiger partial charge < -0.3 is 10.1 Å². The third-order valence-electron chi connectivity index (χ3n) is 3.14. The Bertz CT molecular complexity index is 542. The number of rotatable bonds is 6. The molecule has 1 aromatic carbocycles. The highest BCUT2D eigenvalue weighted by Gasteiger charge is 2.04. The lowest BCUT2D eigenvalue weighted by atomic mass is 10.00. The summed E-state index contributed by atoms with van der Waals surface area (Å²) < 4.78 is 6.64. The predicted molar refractivity (Wildman–Crippen MR) is 85.1 cm³/mol. The van der Waals surface area contributed by atoms with E-state index in [9.17, 15) is 0 Å². The third-order valence-corrected chi connectivity index (χ3v) is 3.58. The first-order valence-corrected chi connectivity index (χ1v) is 7.45. The van der Waals surface area contributed by atoms with Crippen LogP contribution in [0.2, 0.25) is 0 Å². The SMILES string of the molecule is CNCC(C)c1ccc(COc2cncc(Br)c2)cc1. The van der Waals surface area contributed by atoms with E-state index in [1.54, 1.807) is 12.4 Å². The van der Waals surface area contributed by atoms with Crippen LogP contribution in [0.1, 0.15) is 24.0 Å². The van der Waals surface area contributed by atoms with Gasteiger partial charge in [0.05, 0.1) is 6.20 Å². The topological polar surface area (TPSA) is 34.1 Å². The Hall–Kier alpha value is -1.39. The summed E-state index contributed by atoms with van der Waals surface area (Å²) in [6, 6.07) is 10.5. The fourth-order valence-electron chi connectivity index (χ4n) is 2.00. The highest BCUT2D eigenvalue weighted by atomic mass is 79.9. The molecule has 1 aromatic heterocycles. The molecule has 106 valence electrons. The van der Waals surface area contributed by atoms with Gasteiger partial charge in [0.25, 0.3) is 0 Å². The lowest BCUT2D eigenvalue weighted by Gasteiger charge is -2.12. The van der Waals surface area contributed by atoms with Crippen molar-refractivity contribution in [1.82, 2.24) is 10.3 Å². The van der Waals surface area contributed by atoms with Crippen LogP contribution < -0.4 is 10.1 Å². The third kappa shape index (κ3) is 4.32. The number of nitrogens with zero attached hydrogens (tertiary/aromatic N) is 1. The summed E-state index contributed by atoms with van der Waals surface area (Å²) in [5.41, 5.74) is 2.50. The number of aromatic nitrogens is 1. The summed E-state index contributed by atoms with van der Waals surface area (Å²) in [4.78, 5) is 4.08. The van der Waals surface area contributed by atoms with Gasteiger partial charge in [0.1, 0.15) is 12.4 Å². The molecular formula is C16H19BrN2O. The second-order valence-corrected chi connectivity index (χ2v) is 5.74. The number of pyridine rings is 1. The maximum Gasteiger partial charge on any atom is 0.139 e. The Morgan fingerprint density at radius 2 is 2.00 bits per heavy atom. The lowest BCUT2D eigenvalue weighted by Crippen LogP contribution is -2.14. The molecule has 3 nitrogen and oxygen atoms in total. The smallest absolute Gasteiger partial charge is 0.139 e. The van der Waals surface area contributed by atoms with Crippen molar-refractivity contribution in [3.8, 4) is 5.75 Å². The molecule has 0 aliphatic carbocycles. The van der Waals surface area contributed by atoms with E-state index in [0.717, 1.165) is 22.3 Å². The molecule has 0 aliphatic heterocycles. The van der Waals surface area contributed by atoms with Crippen LogP contribution in [-0.2, 0) is 6.61 Å². The molecule has 1 atom stereocenters. The van der Waals surface area contributed by atoms with Crippen molar-refractivity contribution in [3.63, 3.8) is 0 Å². The molecule has 1 heterocycles. The molecule has 0 fully saturated rings. The van der Waals surface area contributed by atoms with Crippen LogP contribution in [0.25, 0.3) is 0 Å². The fourth-order valence-corrected chi connectivity index (χ4v) is 2.35. The van der Waals surface area contributed by atoms with E-state index >= 15 is 0 Å². The van der Waals surface area contributed by atoms with E-state index in [4.69, 9.17) is 4.74 Å². The molecule has 1 unspecified atom stereocenters. The van der Waals surface area contributed by atoms with Crippen molar-refractivity contribution in [2.75, 3.05) is 13.6 Å². The molecule has 4 heteroatoms. The summed E-state index contributed by atoms with van der Waals surface area (Å²) in [5.74, 6) is 1.29. The molecule has 2 rings (SSSR count). The number of halogens is 1. The molecule has 0 saturated carbocycles. The van der Waals surface area contributed by atoms with Gasteiger partial charge in [-0.05, 0) is 46.1 Å². The Morgan fingerprint density at radius 3 is 2.65 bits per heavy atom. The molecule has 0 aliphatic rings. The molecule has 20 heavy (non-hydrogen) atoms. The summed E-state index contributed by atoms with van der Waals surface area (Å²) in [5, 5.41) is 3.20. The van der Waals surface area contributed by atoms with Crippen LogP contribution in [0.5, 0.6) is 5.75 Å². The van der Waals surface area contributed by atoms with Gasteiger partial charge in [0.2, 0.25) is 0 Å². The quantitative estimate of drug-likeness (QED) is 0.873. The van der Waals surface area contributed by atoms with Gasteiger partial charge in [-0.2, -0.15) is 0 Å². The highest BCUT2D eigenvalue weighted by Crippen LogP contribution is 2.18. The molecule has 0 spiro atoms. The number of benzene rings is 1. The number of nitrogens with one attached hydrogen (secondary N) is 1. The number of hydrogen-bond donors (Lipinski definition) is 1. The Morgan fingerprint density at radius 1 is 1.25 bits per heavy atom. The second-order valence-electron chi connectivity index (χ2n) is 4.83. The average Bonchev–Trinajstić information content (AvgIpc) is 2.46. The number of likely N-dealkylation sites (N-methyl/N-ethyl adjacent to an activating group) is 1. The summed E-state index contributed by atoms with van der Waals surface area (Å²) >= 11 is 3.38. The maximum absolute atomic E-state index is 5.72. The van der Waals surface area contributed by atoms with Gasteiger partial charge in [-0.1, -0.05) is 31.2 Å². The van der Waals surface area contributed by atoms with Crippen molar-refractivity contribution in [3.05, 3.63) is 58.3 Å². The van der Waals surface area contributed by atoms with Crippen molar-refractivity contribution in [2.24, 2.45) is 0 Å². The minimum atomic E-state index is 0.518. The second kappa shape index (κ2) is 7.41. The van der Waals surface area contributed by atoms with Crippen LogP contribution in [-0.4, -0.2) is 18.6 Å². The zero-order valence-electron chi connectivity index (χ0n) is 11.8. The molecular weight excluding hydrogens is 316 g/mol. The fraction of sp³-hybridized carbons (Fsp3) is 0.312. The average molecular weight is 335 g/mol. The van der Waals surface area contributed by atoms with E-state index < -0.39 is 0 Å². The maximum atomic E-state index is 5.72. The minimum absolute atomic E-state index is 0.518. The number of ether oxygens (including phenoxy) is 1. The van der Waals surface area contributed by atoms with Crippen LogP contribution >= 0.6 is 15.9 Å². The monoisotopic (exact) mass is 334 g/mol. The Kier molecular flexibility index (Phi) is 5.56. The summed E-state index contributed by atoms with van der Waals surface area (Å²) in [7, 11) is 1.98. The lowest BCUT2D eigenvalue weighted by molar-refractivity contribution is 0.304. The van der Waals surface area contributed by atoms with E-state index in [2.05, 4.69) is 57.4 Å². The van der Waals surface area contributed by atoms with Crippen LogP contribution in [0.4, 0.5) is 0 Å². The van der Waals surface area contributed by atoms with Gasteiger partial charge in [0.15, 0.2) is 0 Å². The van der Waals surface area contributed by atoms with Gasteiger partial charge in [-0.3, -0.25) is 4.98 Å². The summed E-state index contributed by atoms with van der Waals surface area (Å²) in [6.45, 7) is 3.76. The molecule has 0 amide bonds. The van der Waals surface area contributed by atoms with E-state index in [0.29, 0.717) is 12.5 Å². The largest absolute Gasteiger partial charge is 0.487 e. The molecule has 0 radical (unpaired) electrons. The normalized spacial score (nSPS) is 12.2. The zero-order chi connectivity index (χ0) is 14.4. The molecule has 2 aromatic rings. The first-order chi connectivity index (χ1) is 9.69. The summed E-state index contributed by atoms with van der Waals surface area (Å²) in [6.07, 6.45) is 3.46. The zero-order valence-corrected chi connectivity index (χ0v) is 13.4. The van der Waals surface area contributed by atoms with Crippen molar-refractivity contribution >= 4 is 15.9 Å². The van der Waals surface area contributed by atoms with Crippen molar-refractivity contribution in [1.29, 1.82) is 0 Å². The number of hydrogen-bond acceptors (Lipinski definition) is 3. The van der Waals surface area contributed by atoms with E-state index in [1.165, 1.54) is 5.56 Å². The highest BCUT2D eigenvalue weighted by molar-refractivity contribution is 9.10. The van der Waals surface area contributed by atoms with Gasteiger partial charge >= 0.3 is 0 Å². The molecule has 0 bridgehead atoms. The minimum Gasteiger partial charge on any atom is -0.487 e. The molecule has 0 saturated heterocycles. The van der Waals surface area contributed by atoms with E-state index in [-0.39, 0.29) is 0 Å². The van der Waals surface area contributed by atoms with Gasteiger partial charge in [0, 0.05) is 17.2 Å². The van der Waals surface area contributed by atoms with Gasteiger partial charge in [-0.25, -0.2) is 0 Å². The van der Waals surface area contributed by atoms with Crippen LogP contribution in [0.3, 0.4) is 0 Å².